The lowest BCUT2D eigenvalue weighted by atomic mass is 10.2. The fourth-order valence-corrected chi connectivity index (χ4v) is 3.49. The van der Waals surface area contributed by atoms with Crippen LogP contribution in [0, 0.1) is 0 Å². The van der Waals surface area contributed by atoms with Gasteiger partial charge in [-0.15, -0.1) is 0 Å². The summed E-state index contributed by atoms with van der Waals surface area (Å²) in [7, 11) is 1.42. The molecular weight excluding hydrogens is 392 g/mol. The first-order valence-electron chi connectivity index (χ1n) is 7.92. The van der Waals surface area contributed by atoms with Gasteiger partial charge in [-0.2, -0.15) is 0 Å². The number of aliphatic carboxylic acids is 1. The molecule has 2 rings (SSSR count). The summed E-state index contributed by atoms with van der Waals surface area (Å²) in [5.41, 5.74) is 0.642. The van der Waals surface area contributed by atoms with Gasteiger partial charge in [-0.3, -0.25) is 19.3 Å². The lowest BCUT2D eigenvalue weighted by molar-refractivity contribution is -0.137. The number of carbonyl (C=O) groups is 3. The Morgan fingerprint density at radius 3 is 2.81 bits per heavy atom. The van der Waals surface area contributed by atoms with E-state index in [1.807, 2.05) is 0 Å². The van der Waals surface area contributed by atoms with Gasteiger partial charge in [0.2, 0.25) is 5.91 Å². The van der Waals surface area contributed by atoms with Crippen molar-refractivity contribution in [1.29, 1.82) is 0 Å². The number of rotatable bonds is 8. The molecule has 1 saturated heterocycles. The van der Waals surface area contributed by atoms with Crippen LogP contribution in [0.1, 0.15) is 18.4 Å². The zero-order valence-corrected chi connectivity index (χ0v) is 16.1. The fourth-order valence-electron chi connectivity index (χ4n) is 2.24. The highest BCUT2D eigenvalue weighted by Crippen LogP contribution is 2.34. The second-order valence-corrected chi connectivity index (χ2v) is 7.22. The molecule has 1 aromatic carbocycles. The Balaban J connectivity index is 1.99. The first-order valence-corrected chi connectivity index (χ1v) is 9.15. The lowest BCUT2D eigenvalue weighted by Crippen LogP contribution is -2.39. The van der Waals surface area contributed by atoms with Crippen LogP contribution in [0.3, 0.4) is 0 Å². The van der Waals surface area contributed by atoms with Crippen LogP contribution in [-0.2, 0) is 14.4 Å². The van der Waals surface area contributed by atoms with Gasteiger partial charge in [0, 0.05) is 13.0 Å². The average Bonchev–Trinajstić information content (AvgIpc) is 2.87. The molecule has 10 heteroatoms. The minimum Gasteiger partial charge on any atom is -0.504 e. The molecule has 27 heavy (non-hydrogen) atoms. The van der Waals surface area contributed by atoms with Crippen molar-refractivity contribution >= 4 is 52.2 Å². The van der Waals surface area contributed by atoms with Gasteiger partial charge in [0.25, 0.3) is 5.91 Å². The average molecular weight is 410 g/mol. The molecule has 0 saturated carbocycles. The summed E-state index contributed by atoms with van der Waals surface area (Å²) in [6, 6.07) is 4.66. The zero-order valence-electron chi connectivity index (χ0n) is 14.4. The maximum Gasteiger partial charge on any atom is 0.303 e. The molecule has 8 nitrogen and oxygen atoms in total. The molecule has 0 aliphatic carbocycles. The normalized spacial score (nSPS) is 15.3. The van der Waals surface area contributed by atoms with Gasteiger partial charge in [-0.25, -0.2) is 0 Å². The van der Waals surface area contributed by atoms with E-state index in [1.54, 1.807) is 18.2 Å². The molecule has 0 spiro atoms. The van der Waals surface area contributed by atoms with Crippen molar-refractivity contribution in [3.05, 3.63) is 28.7 Å². The SMILES string of the molecule is COc1cc(/C=C2\SC(=S)N(CC(=O)NCCCC(=O)O)C2=O)ccc1O. The number of aromatic hydroxyl groups is 1. The van der Waals surface area contributed by atoms with Gasteiger partial charge in [-0.05, 0) is 30.2 Å². The standard InChI is InChI=1S/C17H18N2O6S2/c1-25-12-7-10(4-5-11(12)20)8-13-16(24)19(17(26)27-13)9-14(21)18-6-2-3-15(22)23/h4-5,7-8,20H,2-3,6,9H2,1H3,(H,18,21)(H,22,23)/b13-8-. The second-order valence-electron chi connectivity index (χ2n) is 5.55. The van der Waals surface area contributed by atoms with Crippen LogP contribution >= 0.6 is 24.0 Å². The van der Waals surface area contributed by atoms with E-state index in [4.69, 9.17) is 22.1 Å². The van der Waals surface area contributed by atoms with Crippen LogP contribution in [0.2, 0.25) is 0 Å². The molecular formula is C17H18N2O6S2. The van der Waals surface area contributed by atoms with Crippen LogP contribution < -0.4 is 10.1 Å². The summed E-state index contributed by atoms with van der Waals surface area (Å²) in [6.07, 6.45) is 1.87. The number of nitrogens with zero attached hydrogens (tertiary/aromatic N) is 1. The van der Waals surface area contributed by atoms with E-state index in [2.05, 4.69) is 5.32 Å². The van der Waals surface area contributed by atoms with E-state index < -0.39 is 17.8 Å². The molecule has 2 amide bonds. The van der Waals surface area contributed by atoms with Gasteiger partial charge in [0.05, 0.1) is 12.0 Å². The number of amides is 2. The number of ether oxygens (including phenoxy) is 1. The van der Waals surface area contributed by atoms with E-state index in [9.17, 15) is 19.5 Å². The summed E-state index contributed by atoms with van der Waals surface area (Å²) in [6.45, 7) is -0.0168. The predicted octanol–water partition coefficient (Wildman–Crippen LogP) is 1.58. The zero-order chi connectivity index (χ0) is 20.0. The molecule has 1 aromatic rings. The van der Waals surface area contributed by atoms with Crippen molar-refractivity contribution < 1.29 is 29.3 Å². The largest absolute Gasteiger partial charge is 0.504 e. The highest BCUT2D eigenvalue weighted by atomic mass is 32.2. The molecule has 1 heterocycles. The highest BCUT2D eigenvalue weighted by molar-refractivity contribution is 8.26. The van der Waals surface area contributed by atoms with E-state index in [1.165, 1.54) is 18.1 Å². The van der Waals surface area contributed by atoms with Crippen LogP contribution in [0.5, 0.6) is 11.5 Å². The first kappa shape index (κ1) is 20.7. The van der Waals surface area contributed by atoms with Gasteiger partial charge < -0.3 is 20.3 Å². The Labute approximate surface area is 165 Å². The van der Waals surface area contributed by atoms with E-state index in [0.29, 0.717) is 16.9 Å². The van der Waals surface area contributed by atoms with Crippen molar-refractivity contribution in [2.45, 2.75) is 12.8 Å². The van der Waals surface area contributed by atoms with Crippen LogP contribution in [0.4, 0.5) is 0 Å². The van der Waals surface area contributed by atoms with Crippen LogP contribution in [-0.4, -0.2) is 57.4 Å². The maximum atomic E-state index is 12.5. The second kappa shape index (κ2) is 9.38. The number of hydrogen-bond acceptors (Lipinski definition) is 7. The van der Waals surface area contributed by atoms with E-state index >= 15 is 0 Å². The number of carboxylic acid groups (broad SMARTS) is 1. The summed E-state index contributed by atoms with van der Waals surface area (Å²) >= 11 is 6.25. The van der Waals surface area contributed by atoms with Gasteiger partial charge in [-0.1, -0.05) is 30.0 Å². The minimum absolute atomic E-state index is 0.0123. The third-order valence-corrected chi connectivity index (χ3v) is 4.94. The van der Waals surface area contributed by atoms with E-state index in [-0.39, 0.29) is 35.3 Å². The number of nitrogens with one attached hydrogen (secondary N) is 1. The summed E-state index contributed by atoms with van der Waals surface area (Å²) < 4.78 is 5.30. The van der Waals surface area contributed by atoms with Gasteiger partial charge in [0.1, 0.15) is 10.9 Å². The van der Waals surface area contributed by atoms with Crippen molar-refractivity contribution in [2.24, 2.45) is 0 Å². The molecule has 144 valence electrons. The van der Waals surface area contributed by atoms with Crippen molar-refractivity contribution in [1.82, 2.24) is 10.2 Å². The summed E-state index contributed by atoms with van der Waals surface area (Å²) in [5, 5.41) is 20.8. The Kier molecular flexibility index (Phi) is 7.19. The fraction of sp³-hybridized carbons (Fsp3) is 0.294. The summed E-state index contributed by atoms with van der Waals surface area (Å²) in [4.78, 5) is 36.4. The molecule has 0 atom stereocenters. The number of methoxy groups -OCH3 is 1. The smallest absolute Gasteiger partial charge is 0.303 e. The molecule has 3 N–H and O–H groups in total. The minimum atomic E-state index is -0.933. The number of phenolic OH excluding ortho intramolecular Hbond substituents is 1. The molecule has 1 aliphatic heterocycles. The Morgan fingerprint density at radius 1 is 1.41 bits per heavy atom. The third kappa shape index (κ3) is 5.69. The van der Waals surface area contributed by atoms with Gasteiger partial charge >= 0.3 is 5.97 Å². The molecule has 0 radical (unpaired) electrons. The number of carboxylic acids is 1. The van der Waals surface area contributed by atoms with Crippen LogP contribution in [0.15, 0.2) is 23.1 Å². The number of hydrogen-bond donors (Lipinski definition) is 3. The number of phenols is 1. The lowest BCUT2D eigenvalue weighted by Gasteiger charge is -2.14. The van der Waals surface area contributed by atoms with Crippen molar-refractivity contribution in [3.8, 4) is 11.5 Å². The highest BCUT2D eigenvalue weighted by Gasteiger charge is 2.33. The number of benzene rings is 1. The first-order chi connectivity index (χ1) is 12.8. The molecule has 0 unspecified atom stereocenters. The Bertz CT molecular complexity index is 809. The Morgan fingerprint density at radius 2 is 2.15 bits per heavy atom. The Hall–Kier alpha value is -2.59. The van der Waals surface area contributed by atoms with Crippen LogP contribution in [0.25, 0.3) is 6.08 Å². The topological polar surface area (TPSA) is 116 Å². The van der Waals surface area contributed by atoms with Crippen molar-refractivity contribution in [2.75, 3.05) is 20.2 Å². The van der Waals surface area contributed by atoms with Gasteiger partial charge in [0.15, 0.2) is 11.5 Å². The number of carbonyl (C=O) groups excluding carboxylic acids is 2. The summed E-state index contributed by atoms with van der Waals surface area (Å²) in [5.74, 6) is -1.47. The third-order valence-electron chi connectivity index (χ3n) is 3.57. The molecule has 1 aliphatic rings. The molecule has 0 bridgehead atoms. The number of thiocarbonyl (C=S) groups is 1. The predicted molar refractivity (Wildman–Crippen MR) is 104 cm³/mol. The molecule has 1 fully saturated rings. The maximum absolute atomic E-state index is 12.5. The quantitative estimate of drug-likeness (QED) is 0.336. The monoisotopic (exact) mass is 410 g/mol. The van der Waals surface area contributed by atoms with E-state index in [0.717, 1.165) is 11.8 Å². The molecule has 0 aromatic heterocycles. The van der Waals surface area contributed by atoms with Crippen molar-refractivity contribution in [3.63, 3.8) is 0 Å². The number of thioether (sulfide) groups is 1.